The van der Waals surface area contributed by atoms with Crippen molar-refractivity contribution in [3.63, 3.8) is 0 Å². The molecule has 0 radical (unpaired) electrons. The molecule has 5 nitrogen and oxygen atoms in total. The molecule has 0 fully saturated rings. The Bertz CT molecular complexity index is 1020. The highest BCUT2D eigenvalue weighted by Gasteiger charge is 2.23. The van der Waals surface area contributed by atoms with E-state index >= 15 is 0 Å². The summed E-state index contributed by atoms with van der Waals surface area (Å²) in [6.45, 7) is 2.57. The van der Waals surface area contributed by atoms with E-state index in [9.17, 15) is 0 Å². The van der Waals surface area contributed by atoms with Gasteiger partial charge in [0.15, 0.2) is 0 Å². The summed E-state index contributed by atoms with van der Waals surface area (Å²) in [5, 5.41) is 5.63. The molecule has 0 atom stereocenters. The molecule has 0 amide bonds. The Hall–Kier alpha value is -2.76. The molecule has 0 unspecified atom stereocenters. The average Bonchev–Trinajstić information content (AvgIpc) is 3.28. The van der Waals surface area contributed by atoms with Crippen molar-refractivity contribution in [3.05, 3.63) is 60.2 Å². The first-order valence-electron chi connectivity index (χ1n) is 9.43. The van der Waals surface area contributed by atoms with Gasteiger partial charge >= 0.3 is 0 Å². The van der Waals surface area contributed by atoms with E-state index in [4.69, 9.17) is 14.2 Å². The summed E-state index contributed by atoms with van der Waals surface area (Å²) in [4.78, 5) is 4.64. The van der Waals surface area contributed by atoms with Crippen LogP contribution in [-0.4, -0.2) is 46.4 Å². The van der Waals surface area contributed by atoms with Gasteiger partial charge in [0.25, 0.3) is 0 Å². The van der Waals surface area contributed by atoms with Crippen LogP contribution < -0.4 is 14.8 Å². The number of hydrogen-bond acceptors (Lipinski definition) is 5. The molecule has 1 aliphatic heterocycles. The monoisotopic (exact) mass is 412 g/mol. The number of hydrogen-bond donors (Lipinski definition) is 1. The predicted molar refractivity (Wildman–Crippen MR) is 120 cm³/mol. The van der Waals surface area contributed by atoms with E-state index in [-0.39, 0.29) is 12.4 Å². The molecule has 0 aliphatic carbocycles. The second-order valence-corrected chi connectivity index (χ2v) is 6.55. The number of ether oxygens (including phenoxy) is 3. The Morgan fingerprint density at radius 1 is 0.966 bits per heavy atom. The van der Waals surface area contributed by atoms with E-state index in [2.05, 4.69) is 34.6 Å². The molecule has 152 valence electrons. The van der Waals surface area contributed by atoms with Gasteiger partial charge in [0.05, 0.1) is 25.8 Å². The first-order chi connectivity index (χ1) is 13.8. The van der Waals surface area contributed by atoms with Crippen LogP contribution in [0.4, 0.5) is 0 Å². The van der Waals surface area contributed by atoms with E-state index < -0.39 is 0 Å². The molecular formula is C23H25ClN2O3. The number of amidine groups is 1. The number of aliphatic imine (C=N–C) groups is 1. The molecule has 4 rings (SSSR count). The number of rotatable bonds is 7. The van der Waals surface area contributed by atoms with Crippen molar-refractivity contribution in [1.29, 1.82) is 0 Å². The third kappa shape index (κ3) is 4.16. The van der Waals surface area contributed by atoms with Gasteiger partial charge in [0.1, 0.15) is 23.9 Å². The first kappa shape index (κ1) is 21.0. The van der Waals surface area contributed by atoms with Crippen LogP contribution in [-0.2, 0) is 4.74 Å². The van der Waals surface area contributed by atoms with Gasteiger partial charge < -0.3 is 19.5 Å². The molecule has 1 N–H and O–H groups in total. The van der Waals surface area contributed by atoms with Crippen molar-refractivity contribution in [1.82, 2.24) is 5.32 Å². The minimum Gasteiger partial charge on any atom is -0.496 e. The standard InChI is InChI=1S/C23H24N2O3.ClH/c1-26-13-14-28-22-19(23-24-11-12-25-23)15-16-7-3-4-8-17(16)21(22)18-9-5-6-10-20(18)27-2;/h3-10,15H,11-14H2,1-2H3,(H,24,25);1H. The molecule has 3 aromatic rings. The highest BCUT2D eigenvalue weighted by Crippen LogP contribution is 2.43. The van der Waals surface area contributed by atoms with Crippen LogP contribution >= 0.6 is 12.4 Å². The Labute approximate surface area is 177 Å². The lowest BCUT2D eigenvalue weighted by atomic mass is 9.93. The topological polar surface area (TPSA) is 52.1 Å². The molecule has 1 heterocycles. The SMILES string of the molecule is COCCOc1c(C2=NCCN2)cc2ccccc2c1-c1ccccc1OC.Cl. The number of benzene rings is 3. The van der Waals surface area contributed by atoms with Gasteiger partial charge in [-0.1, -0.05) is 42.5 Å². The maximum Gasteiger partial charge on any atom is 0.138 e. The minimum absolute atomic E-state index is 0. The Kier molecular flexibility index (Phi) is 6.96. The normalized spacial score (nSPS) is 12.8. The van der Waals surface area contributed by atoms with Gasteiger partial charge in [-0.15, -0.1) is 12.4 Å². The zero-order chi connectivity index (χ0) is 19.3. The molecule has 3 aromatic carbocycles. The van der Waals surface area contributed by atoms with Crippen molar-refractivity contribution in [2.45, 2.75) is 0 Å². The fourth-order valence-corrected chi connectivity index (χ4v) is 3.58. The predicted octanol–water partition coefficient (Wildman–Crippen LogP) is 4.31. The van der Waals surface area contributed by atoms with Crippen LogP contribution in [0, 0.1) is 0 Å². The molecule has 0 aromatic heterocycles. The van der Waals surface area contributed by atoms with Crippen LogP contribution in [0.25, 0.3) is 21.9 Å². The molecule has 6 heteroatoms. The van der Waals surface area contributed by atoms with Crippen molar-refractivity contribution in [2.24, 2.45) is 4.99 Å². The summed E-state index contributed by atoms with van der Waals surface area (Å²) in [5.74, 6) is 2.48. The van der Waals surface area contributed by atoms with Crippen LogP contribution in [0.1, 0.15) is 5.56 Å². The zero-order valence-electron chi connectivity index (χ0n) is 16.6. The molecular weight excluding hydrogens is 388 g/mol. The van der Waals surface area contributed by atoms with E-state index in [0.29, 0.717) is 13.2 Å². The third-order valence-electron chi connectivity index (χ3n) is 4.84. The van der Waals surface area contributed by atoms with Gasteiger partial charge in [-0.2, -0.15) is 0 Å². The van der Waals surface area contributed by atoms with Gasteiger partial charge in [0.2, 0.25) is 0 Å². The van der Waals surface area contributed by atoms with Crippen LogP contribution in [0.5, 0.6) is 11.5 Å². The van der Waals surface area contributed by atoms with E-state index in [0.717, 1.165) is 57.9 Å². The lowest BCUT2D eigenvalue weighted by Gasteiger charge is -2.20. The zero-order valence-corrected chi connectivity index (χ0v) is 17.4. The number of nitrogens with zero attached hydrogens (tertiary/aromatic N) is 1. The van der Waals surface area contributed by atoms with E-state index in [1.54, 1.807) is 14.2 Å². The molecule has 1 aliphatic rings. The van der Waals surface area contributed by atoms with Crippen molar-refractivity contribution >= 4 is 29.0 Å². The van der Waals surface area contributed by atoms with Gasteiger partial charge in [-0.05, 0) is 22.9 Å². The number of nitrogens with one attached hydrogen (secondary N) is 1. The number of fused-ring (bicyclic) bond motifs is 1. The summed E-state index contributed by atoms with van der Waals surface area (Å²) in [6.07, 6.45) is 0. The molecule has 0 saturated carbocycles. The van der Waals surface area contributed by atoms with E-state index in [1.165, 1.54) is 0 Å². The summed E-state index contributed by atoms with van der Waals surface area (Å²) >= 11 is 0. The lowest BCUT2D eigenvalue weighted by Crippen LogP contribution is -2.21. The maximum atomic E-state index is 6.28. The van der Waals surface area contributed by atoms with E-state index in [1.807, 2.05) is 30.3 Å². The Balaban J connectivity index is 0.00000240. The molecule has 29 heavy (non-hydrogen) atoms. The first-order valence-corrected chi connectivity index (χ1v) is 9.43. The fourth-order valence-electron chi connectivity index (χ4n) is 3.58. The lowest BCUT2D eigenvalue weighted by molar-refractivity contribution is 0.146. The summed E-state index contributed by atoms with van der Waals surface area (Å²) in [7, 11) is 3.37. The second kappa shape index (κ2) is 9.63. The maximum absolute atomic E-state index is 6.28. The number of methoxy groups -OCH3 is 2. The Morgan fingerprint density at radius 3 is 2.52 bits per heavy atom. The largest absolute Gasteiger partial charge is 0.496 e. The van der Waals surface area contributed by atoms with Gasteiger partial charge in [-0.25, -0.2) is 0 Å². The highest BCUT2D eigenvalue weighted by molar-refractivity contribution is 6.11. The summed E-state index contributed by atoms with van der Waals surface area (Å²) < 4.78 is 17.2. The third-order valence-corrected chi connectivity index (χ3v) is 4.84. The number of halogens is 1. The fraction of sp³-hybridized carbons (Fsp3) is 0.261. The van der Waals surface area contributed by atoms with Crippen molar-refractivity contribution in [2.75, 3.05) is 40.5 Å². The summed E-state index contributed by atoms with van der Waals surface area (Å²) in [5.41, 5.74) is 2.97. The molecule has 0 spiro atoms. The average molecular weight is 413 g/mol. The van der Waals surface area contributed by atoms with Gasteiger partial charge in [0, 0.05) is 24.8 Å². The highest BCUT2D eigenvalue weighted by atomic mass is 35.5. The van der Waals surface area contributed by atoms with Crippen molar-refractivity contribution in [3.8, 4) is 22.6 Å². The molecule has 0 bridgehead atoms. The van der Waals surface area contributed by atoms with Crippen molar-refractivity contribution < 1.29 is 14.2 Å². The minimum atomic E-state index is 0. The van der Waals surface area contributed by atoms with Crippen LogP contribution in [0.2, 0.25) is 0 Å². The quantitative estimate of drug-likeness (QED) is 0.587. The number of para-hydroxylation sites is 1. The Morgan fingerprint density at radius 2 is 1.76 bits per heavy atom. The van der Waals surface area contributed by atoms with Gasteiger partial charge in [-0.3, -0.25) is 4.99 Å². The molecule has 0 saturated heterocycles. The summed E-state index contributed by atoms with van der Waals surface area (Å²) in [6, 6.07) is 18.5. The smallest absolute Gasteiger partial charge is 0.138 e. The van der Waals surface area contributed by atoms with Crippen LogP contribution in [0.15, 0.2) is 59.6 Å². The second-order valence-electron chi connectivity index (χ2n) is 6.55. The van der Waals surface area contributed by atoms with Crippen LogP contribution in [0.3, 0.4) is 0 Å².